The number of rotatable bonds is 1. The summed E-state index contributed by atoms with van der Waals surface area (Å²) in [6, 6.07) is 5.30. The van der Waals surface area contributed by atoms with Crippen molar-refractivity contribution < 1.29 is 4.39 Å². The van der Waals surface area contributed by atoms with Crippen molar-refractivity contribution in [2.24, 2.45) is 5.92 Å². The molecule has 1 aliphatic carbocycles. The number of nitrogens with two attached hydrogens (primary N) is 1. The average Bonchev–Trinajstić information content (AvgIpc) is 2.76. The summed E-state index contributed by atoms with van der Waals surface area (Å²) < 4.78 is 13.3. The van der Waals surface area contributed by atoms with Crippen molar-refractivity contribution in [2.75, 3.05) is 17.2 Å². The Bertz CT molecular complexity index is 419. The van der Waals surface area contributed by atoms with Crippen LogP contribution in [0.25, 0.3) is 0 Å². The summed E-state index contributed by atoms with van der Waals surface area (Å²) >= 11 is 0. The molecule has 92 valence electrons. The van der Waals surface area contributed by atoms with Gasteiger partial charge in [-0.25, -0.2) is 4.39 Å². The van der Waals surface area contributed by atoms with Crippen molar-refractivity contribution in [1.82, 2.24) is 0 Å². The Balaban J connectivity index is 1.91. The molecule has 1 aromatic rings. The van der Waals surface area contributed by atoms with Gasteiger partial charge in [-0.3, -0.25) is 0 Å². The minimum absolute atomic E-state index is 0.187. The molecule has 2 fully saturated rings. The lowest BCUT2D eigenvalue weighted by Gasteiger charge is -2.33. The molecule has 1 saturated heterocycles. The fraction of sp³-hybridized carbons (Fsp3) is 0.571. The van der Waals surface area contributed by atoms with Gasteiger partial charge in [0.05, 0.1) is 11.4 Å². The van der Waals surface area contributed by atoms with Gasteiger partial charge in [0.25, 0.3) is 0 Å². The Kier molecular flexibility index (Phi) is 2.69. The molecule has 1 heterocycles. The van der Waals surface area contributed by atoms with Crippen molar-refractivity contribution in [3.63, 3.8) is 0 Å². The van der Waals surface area contributed by atoms with Crippen LogP contribution in [0.1, 0.15) is 32.1 Å². The number of fused-ring (bicyclic) bond motifs is 1. The predicted molar refractivity (Wildman–Crippen MR) is 68.5 cm³/mol. The minimum atomic E-state index is -0.187. The summed E-state index contributed by atoms with van der Waals surface area (Å²) in [6.45, 7) is 1.03. The summed E-state index contributed by atoms with van der Waals surface area (Å²) in [7, 11) is 0. The topological polar surface area (TPSA) is 29.3 Å². The number of anilines is 2. The van der Waals surface area contributed by atoms with E-state index in [1.807, 2.05) is 0 Å². The lowest BCUT2D eigenvalue weighted by atomic mass is 9.85. The summed E-state index contributed by atoms with van der Waals surface area (Å²) in [6.07, 6.45) is 6.46. The molecule has 17 heavy (non-hydrogen) atoms. The Morgan fingerprint density at radius 3 is 2.88 bits per heavy atom. The zero-order valence-corrected chi connectivity index (χ0v) is 10.0. The maximum atomic E-state index is 13.3. The first-order valence-corrected chi connectivity index (χ1v) is 6.57. The largest absolute Gasteiger partial charge is 0.397 e. The van der Waals surface area contributed by atoms with Crippen LogP contribution in [-0.4, -0.2) is 12.6 Å². The van der Waals surface area contributed by atoms with Crippen molar-refractivity contribution in [3.05, 3.63) is 24.0 Å². The molecule has 1 saturated carbocycles. The standard InChI is InChI=1S/C14H19FN2/c15-11-5-6-12(16)14(9-11)17-8-7-10-3-1-2-4-13(10)17/h5-6,9-10,13H,1-4,7-8,16H2. The van der Waals surface area contributed by atoms with E-state index < -0.39 is 0 Å². The van der Waals surface area contributed by atoms with Gasteiger partial charge in [0.1, 0.15) is 5.82 Å². The van der Waals surface area contributed by atoms with E-state index in [0.29, 0.717) is 11.7 Å². The Hall–Kier alpha value is -1.25. The van der Waals surface area contributed by atoms with Crippen LogP contribution < -0.4 is 10.6 Å². The molecular formula is C14H19FN2. The first-order valence-electron chi connectivity index (χ1n) is 6.57. The highest BCUT2D eigenvalue weighted by atomic mass is 19.1. The van der Waals surface area contributed by atoms with Gasteiger partial charge in [-0.2, -0.15) is 0 Å². The molecule has 3 rings (SSSR count). The highest BCUT2D eigenvalue weighted by Gasteiger charge is 2.36. The van der Waals surface area contributed by atoms with Crippen LogP contribution in [0.5, 0.6) is 0 Å². The second-order valence-corrected chi connectivity index (χ2v) is 5.30. The summed E-state index contributed by atoms with van der Waals surface area (Å²) in [4.78, 5) is 2.34. The van der Waals surface area contributed by atoms with Gasteiger partial charge >= 0.3 is 0 Å². The number of halogens is 1. The first-order chi connectivity index (χ1) is 8.25. The molecule has 1 aromatic carbocycles. The fourth-order valence-corrected chi connectivity index (χ4v) is 3.47. The van der Waals surface area contributed by atoms with Gasteiger partial charge in [-0.15, -0.1) is 0 Å². The van der Waals surface area contributed by atoms with Crippen LogP contribution in [0.3, 0.4) is 0 Å². The molecule has 2 N–H and O–H groups in total. The number of nitrogen functional groups attached to an aromatic ring is 1. The molecule has 3 heteroatoms. The van der Waals surface area contributed by atoms with Crippen molar-refractivity contribution in [1.29, 1.82) is 0 Å². The fourth-order valence-electron chi connectivity index (χ4n) is 3.47. The van der Waals surface area contributed by atoms with Crippen molar-refractivity contribution in [2.45, 2.75) is 38.1 Å². The Morgan fingerprint density at radius 2 is 2.00 bits per heavy atom. The monoisotopic (exact) mass is 234 g/mol. The minimum Gasteiger partial charge on any atom is -0.397 e. The van der Waals surface area contributed by atoms with Crippen molar-refractivity contribution >= 4 is 11.4 Å². The summed E-state index contributed by atoms with van der Waals surface area (Å²) in [5.74, 6) is 0.611. The molecular weight excluding hydrogens is 215 g/mol. The van der Waals surface area contributed by atoms with E-state index in [1.165, 1.54) is 38.2 Å². The summed E-state index contributed by atoms with van der Waals surface area (Å²) in [5.41, 5.74) is 7.59. The molecule has 2 atom stereocenters. The molecule has 2 aliphatic rings. The third-order valence-corrected chi connectivity index (χ3v) is 4.31. The first kappa shape index (κ1) is 10.9. The van der Waals surface area contributed by atoms with Crippen LogP contribution in [0.15, 0.2) is 18.2 Å². The third kappa shape index (κ3) is 1.88. The highest BCUT2D eigenvalue weighted by molar-refractivity contribution is 5.68. The lowest BCUT2D eigenvalue weighted by Crippen LogP contribution is -2.35. The summed E-state index contributed by atoms with van der Waals surface area (Å²) in [5, 5.41) is 0. The molecule has 0 radical (unpaired) electrons. The molecule has 0 amide bonds. The van der Waals surface area contributed by atoms with E-state index in [4.69, 9.17) is 5.73 Å². The zero-order valence-electron chi connectivity index (χ0n) is 10.0. The van der Waals surface area contributed by atoms with Crippen LogP contribution in [0, 0.1) is 11.7 Å². The van der Waals surface area contributed by atoms with Gasteiger partial charge < -0.3 is 10.6 Å². The molecule has 2 nitrogen and oxygen atoms in total. The second-order valence-electron chi connectivity index (χ2n) is 5.30. The predicted octanol–water partition coefficient (Wildman–Crippen LogP) is 3.18. The number of hydrogen-bond acceptors (Lipinski definition) is 2. The number of nitrogens with zero attached hydrogens (tertiary/aromatic N) is 1. The maximum absolute atomic E-state index is 13.3. The number of benzene rings is 1. The van der Waals surface area contributed by atoms with Crippen LogP contribution in [0.4, 0.5) is 15.8 Å². The van der Waals surface area contributed by atoms with E-state index in [2.05, 4.69) is 4.90 Å². The van der Waals surface area contributed by atoms with E-state index in [-0.39, 0.29) is 5.82 Å². The molecule has 0 aromatic heterocycles. The van der Waals surface area contributed by atoms with E-state index in [9.17, 15) is 4.39 Å². The molecule has 2 unspecified atom stereocenters. The zero-order chi connectivity index (χ0) is 11.8. The normalized spacial score (nSPS) is 28.2. The SMILES string of the molecule is Nc1ccc(F)cc1N1CCC2CCCCC21. The highest BCUT2D eigenvalue weighted by Crippen LogP contribution is 2.40. The van der Waals surface area contributed by atoms with E-state index in [1.54, 1.807) is 12.1 Å². The van der Waals surface area contributed by atoms with Crippen LogP contribution in [0.2, 0.25) is 0 Å². The Morgan fingerprint density at radius 1 is 1.18 bits per heavy atom. The molecule has 0 bridgehead atoms. The average molecular weight is 234 g/mol. The van der Waals surface area contributed by atoms with E-state index >= 15 is 0 Å². The Labute approximate surface area is 102 Å². The third-order valence-electron chi connectivity index (χ3n) is 4.31. The smallest absolute Gasteiger partial charge is 0.125 e. The number of hydrogen-bond donors (Lipinski definition) is 1. The van der Waals surface area contributed by atoms with Crippen molar-refractivity contribution in [3.8, 4) is 0 Å². The van der Waals surface area contributed by atoms with Gasteiger partial charge in [0, 0.05) is 12.6 Å². The molecule has 1 aliphatic heterocycles. The maximum Gasteiger partial charge on any atom is 0.125 e. The van der Waals surface area contributed by atoms with Crippen LogP contribution >= 0.6 is 0 Å². The van der Waals surface area contributed by atoms with Gasteiger partial charge in [0.15, 0.2) is 0 Å². The molecule has 0 spiro atoms. The van der Waals surface area contributed by atoms with Gasteiger partial charge in [-0.1, -0.05) is 12.8 Å². The van der Waals surface area contributed by atoms with E-state index in [0.717, 1.165) is 18.2 Å². The second kappa shape index (κ2) is 4.21. The lowest BCUT2D eigenvalue weighted by molar-refractivity contribution is 0.342. The van der Waals surface area contributed by atoms with Gasteiger partial charge in [0.2, 0.25) is 0 Å². The van der Waals surface area contributed by atoms with Crippen LogP contribution in [-0.2, 0) is 0 Å². The quantitative estimate of drug-likeness (QED) is 0.756. The van der Waals surface area contributed by atoms with Gasteiger partial charge in [-0.05, 0) is 43.4 Å².